The summed E-state index contributed by atoms with van der Waals surface area (Å²) in [6, 6.07) is 7.19. The van der Waals surface area contributed by atoms with Gasteiger partial charge in [-0.2, -0.15) is 0 Å². The van der Waals surface area contributed by atoms with Gasteiger partial charge in [-0.3, -0.25) is 0 Å². The Morgan fingerprint density at radius 3 is 2.05 bits per heavy atom. The summed E-state index contributed by atoms with van der Waals surface area (Å²) in [4.78, 5) is 0. The van der Waals surface area contributed by atoms with E-state index in [2.05, 4.69) is 56.4 Å². The fourth-order valence-electron chi connectivity index (χ4n) is 2.92. The molecule has 2 rings (SSSR count). The van der Waals surface area contributed by atoms with Gasteiger partial charge in [-0.25, -0.2) is 0 Å². The molecule has 0 saturated heterocycles. The Morgan fingerprint density at radius 1 is 0.950 bits per heavy atom. The first-order chi connectivity index (χ1) is 9.38. The van der Waals surface area contributed by atoms with Gasteiger partial charge >= 0.3 is 0 Å². The summed E-state index contributed by atoms with van der Waals surface area (Å²) >= 11 is 0. The molecule has 1 aromatic heterocycles. The third kappa shape index (κ3) is 3.10. The van der Waals surface area contributed by atoms with Crippen LogP contribution in [0.1, 0.15) is 59.6 Å². The third-order valence-corrected chi connectivity index (χ3v) is 3.77. The van der Waals surface area contributed by atoms with Crippen molar-refractivity contribution >= 4 is 0 Å². The molecule has 0 fully saturated rings. The Balaban J connectivity index is 2.17. The molecule has 0 bridgehead atoms. The number of nitrogens with one attached hydrogen (secondary N) is 1. The number of hydrogen-bond acceptors (Lipinski definition) is 3. The molecular formula is C17H24N2O. The molecule has 0 spiro atoms. The van der Waals surface area contributed by atoms with E-state index in [1.807, 2.05) is 13.8 Å². The van der Waals surface area contributed by atoms with E-state index in [4.69, 9.17) is 4.52 Å². The van der Waals surface area contributed by atoms with Crippen molar-refractivity contribution in [3.63, 3.8) is 0 Å². The first kappa shape index (κ1) is 14.8. The lowest BCUT2D eigenvalue weighted by Crippen LogP contribution is -2.23. The highest BCUT2D eigenvalue weighted by molar-refractivity contribution is 5.31. The monoisotopic (exact) mass is 272 g/mol. The lowest BCUT2D eigenvalue weighted by molar-refractivity contribution is 0.389. The van der Waals surface area contributed by atoms with Gasteiger partial charge in [0.25, 0.3) is 0 Å². The Morgan fingerprint density at radius 2 is 1.55 bits per heavy atom. The Kier molecular flexibility index (Phi) is 4.29. The zero-order valence-electron chi connectivity index (χ0n) is 13.2. The molecule has 108 valence electrons. The SMILES string of the molecule is Cc1cc(C)cc(C(C)NC(C)c2c(C)noc2C)c1. The zero-order chi connectivity index (χ0) is 14.9. The number of rotatable bonds is 4. The number of benzene rings is 1. The highest BCUT2D eigenvalue weighted by Crippen LogP contribution is 2.25. The quantitative estimate of drug-likeness (QED) is 0.900. The maximum absolute atomic E-state index is 5.25. The lowest BCUT2D eigenvalue weighted by Gasteiger charge is -2.21. The Labute approximate surface area is 121 Å². The van der Waals surface area contributed by atoms with Crippen LogP contribution in [0.2, 0.25) is 0 Å². The molecule has 2 atom stereocenters. The van der Waals surface area contributed by atoms with E-state index in [1.165, 1.54) is 22.3 Å². The van der Waals surface area contributed by atoms with Crippen LogP contribution in [0.3, 0.4) is 0 Å². The van der Waals surface area contributed by atoms with E-state index < -0.39 is 0 Å². The van der Waals surface area contributed by atoms with Crippen molar-refractivity contribution in [2.45, 2.75) is 53.6 Å². The maximum Gasteiger partial charge on any atom is 0.138 e. The van der Waals surface area contributed by atoms with Crippen LogP contribution in [0.4, 0.5) is 0 Å². The standard InChI is InChI=1S/C17H24N2O/c1-10-7-11(2)9-16(8-10)12(3)18-13(4)17-14(5)19-20-15(17)6/h7-9,12-13,18H,1-6H3. The molecule has 0 aliphatic carbocycles. The van der Waals surface area contributed by atoms with E-state index >= 15 is 0 Å². The molecule has 20 heavy (non-hydrogen) atoms. The molecule has 0 aliphatic rings. The van der Waals surface area contributed by atoms with Crippen LogP contribution in [-0.2, 0) is 0 Å². The summed E-state index contributed by atoms with van der Waals surface area (Å²) in [5.41, 5.74) is 6.06. The van der Waals surface area contributed by atoms with E-state index in [1.54, 1.807) is 0 Å². The van der Waals surface area contributed by atoms with Crippen molar-refractivity contribution < 1.29 is 4.52 Å². The maximum atomic E-state index is 5.25. The molecule has 0 amide bonds. The molecule has 0 aliphatic heterocycles. The number of hydrogen-bond donors (Lipinski definition) is 1. The average molecular weight is 272 g/mol. The Hall–Kier alpha value is -1.61. The summed E-state index contributed by atoms with van der Waals surface area (Å²) in [6.07, 6.45) is 0. The summed E-state index contributed by atoms with van der Waals surface area (Å²) < 4.78 is 5.25. The van der Waals surface area contributed by atoms with Gasteiger partial charge in [0.15, 0.2) is 0 Å². The minimum absolute atomic E-state index is 0.220. The first-order valence-electron chi connectivity index (χ1n) is 7.15. The van der Waals surface area contributed by atoms with Gasteiger partial charge in [0, 0.05) is 17.6 Å². The van der Waals surface area contributed by atoms with Gasteiger partial charge in [-0.1, -0.05) is 34.5 Å². The van der Waals surface area contributed by atoms with Crippen LogP contribution in [0.15, 0.2) is 22.7 Å². The van der Waals surface area contributed by atoms with Gasteiger partial charge < -0.3 is 9.84 Å². The van der Waals surface area contributed by atoms with Crippen molar-refractivity contribution in [3.05, 3.63) is 51.9 Å². The van der Waals surface area contributed by atoms with Gasteiger partial charge in [0.1, 0.15) is 5.76 Å². The summed E-state index contributed by atoms with van der Waals surface area (Å²) in [7, 11) is 0. The zero-order valence-corrected chi connectivity index (χ0v) is 13.2. The van der Waals surface area contributed by atoms with Crippen LogP contribution in [0, 0.1) is 27.7 Å². The fourth-order valence-corrected chi connectivity index (χ4v) is 2.92. The number of aryl methyl sites for hydroxylation is 4. The predicted octanol–water partition coefficient (Wildman–Crippen LogP) is 4.32. The smallest absolute Gasteiger partial charge is 0.138 e. The van der Waals surface area contributed by atoms with E-state index in [9.17, 15) is 0 Å². The molecule has 3 nitrogen and oxygen atoms in total. The normalized spacial score (nSPS) is 14.3. The van der Waals surface area contributed by atoms with Crippen molar-refractivity contribution in [3.8, 4) is 0 Å². The minimum atomic E-state index is 0.220. The van der Waals surface area contributed by atoms with Crippen LogP contribution in [0.25, 0.3) is 0 Å². The summed E-state index contributed by atoms with van der Waals surface area (Å²) in [6.45, 7) is 12.6. The lowest BCUT2D eigenvalue weighted by atomic mass is 10.00. The summed E-state index contributed by atoms with van der Waals surface area (Å²) in [5, 5.41) is 7.67. The fraction of sp³-hybridized carbons (Fsp3) is 0.471. The van der Waals surface area contributed by atoms with E-state index in [0.29, 0.717) is 0 Å². The predicted molar refractivity (Wildman–Crippen MR) is 81.9 cm³/mol. The second kappa shape index (κ2) is 5.80. The molecule has 1 aromatic carbocycles. The number of nitrogens with zero attached hydrogens (tertiary/aromatic N) is 1. The second-order valence-corrected chi connectivity index (χ2v) is 5.77. The van der Waals surface area contributed by atoms with Gasteiger partial charge in [-0.05, 0) is 47.1 Å². The first-order valence-corrected chi connectivity index (χ1v) is 7.15. The van der Waals surface area contributed by atoms with Crippen LogP contribution < -0.4 is 5.32 Å². The average Bonchev–Trinajstić information content (AvgIpc) is 2.67. The van der Waals surface area contributed by atoms with Crippen LogP contribution in [0.5, 0.6) is 0 Å². The van der Waals surface area contributed by atoms with E-state index in [-0.39, 0.29) is 12.1 Å². The molecule has 1 heterocycles. The van der Waals surface area contributed by atoms with Crippen LogP contribution in [-0.4, -0.2) is 5.16 Å². The molecule has 0 saturated carbocycles. The van der Waals surface area contributed by atoms with Crippen molar-refractivity contribution in [2.75, 3.05) is 0 Å². The number of aromatic nitrogens is 1. The molecule has 2 unspecified atom stereocenters. The van der Waals surface area contributed by atoms with Crippen LogP contribution >= 0.6 is 0 Å². The minimum Gasteiger partial charge on any atom is -0.361 e. The highest BCUT2D eigenvalue weighted by Gasteiger charge is 2.18. The molecule has 3 heteroatoms. The largest absolute Gasteiger partial charge is 0.361 e. The second-order valence-electron chi connectivity index (χ2n) is 5.77. The summed E-state index contributed by atoms with van der Waals surface area (Å²) in [5.74, 6) is 0.898. The molecular weight excluding hydrogens is 248 g/mol. The van der Waals surface area contributed by atoms with Crippen molar-refractivity contribution in [1.29, 1.82) is 0 Å². The Bertz CT molecular complexity index is 561. The molecule has 1 N–H and O–H groups in total. The van der Waals surface area contributed by atoms with Gasteiger partial charge in [0.05, 0.1) is 5.69 Å². The van der Waals surface area contributed by atoms with E-state index in [0.717, 1.165) is 11.5 Å². The highest BCUT2D eigenvalue weighted by atomic mass is 16.5. The third-order valence-electron chi connectivity index (χ3n) is 3.77. The van der Waals surface area contributed by atoms with Crippen molar-refractivity contribution in [1.82, 2.24) is 10.5 Å². The molecule has 2 aromatic rings. The van der Waals surface area contributed by atoms with Gasteiger partial charge in [0.2, 0.25) is 0 Å². The van der Waals surface area contributed by atoms with Crippen molar-refractivity contribution in [2.24, 2.45) is 0 Å². The molecule has 0 radical (unpaired) electrons. The topological polar surface area (TPSA) is 38.1 Å². The van der Waals surface area contributed by atoms with Gasteiger partial charge in [-0.15, -0.1) is 0 Å².